The topological polar surface area (TPSA) is 50.1 Å². The second-order valence-corrected chi connectivity index (χ2v) is 4.15. The minimum atomic E-state index is -4.67. The van der Waals surface area contributed by atoms with Crippen LogP contribution in [0.15, 0.2) is 12.1 Å². The number of alkyl halides is 4. The Morgan fingerprint density at radius 2 is 2.10 bits per heavy atom. The molecule has 1 aromatic carbocycles. The van der Waals surface area contributed by atoms with Gasteiger partial charge in [-0.25, -0.2) is 0 Å². The lowest BCUT2D eigenvalue weighted by Gasteiger charge is -2.16. The third kappa shape index (κ3) is 3.87. The number of hydrogen-bond donors (Lipinski definition) is 0. The van der Waals surface area contributed by atoms with Crippen molar-refractivity contribution >= 4 is 17.6 Å². The van der Waals surface area contributed by atoms with Gasteiger partial charge in [-0.15, -0.1) is 11.6 Å². The summed E-state index contributed by atoms with van der Waals surface area (Å²) < 4.78 is 43.7. The van der Waals surface area contributed by atoms with E-state index in [-0.39, 0.29) is 29.2 Å². The van der Waals surface area contributed by atoms with E-state index < -0.39 is 24.1 Å². The quantitative estimate of drug-likeness (QED) is 0.632. The van der Waals surface area contributed by atoms with E-state index in [9.17, 15) is 18.0 Å². The Hall–Kier alpha value is -1.74. The Morgan fingerprint density at radius 1 is 1.45 bits per heavy atom. The van der Waals surface area contributed by atoms with Crippen LogP contribution in [0.25, 0.3) is 0 Å². The number of hydrogen-bond acceptors (Lipinski definition) is 3. The summed E-state index contributed by atoms with van der Waals surface area (Å²) in [5.74, 6) is -0.998. The number of nitriles is 1. The molecule has 0 saturated heterocycles. The van der Waals surface area contributed by atoms with Gasteiger partial charge >= 0.3 is 12.1 Å². The van der Waals surface area contributed by atoms with Crippen molar-refractivity contribution in [3.8, 4) is 6.07 Å². The molecule has 108 valence electrons. The fourth-order valence-corrected chi connectivity index (χ4v) is 1.97. The summed E-state index contributed by atoms with van der Waals surface area (Å²) in [5, 5.41) is 8.75. The Morgan fingerprint density at radius 3 is 2.55 bits per heavy atom. The number of nitrogens with zero attached hydrogens (tertiary/aromatic N) is 1. The van der Waals surface area contributed by atoms with E-state index in [2.05, 4.69) is 4.74 Å². The highest BCUT2D eigenvalue weighted by atomic mass is 35.5. The number of esters is 1. The SMILES string of the molecule is CCOC(=O)Cc1c(CCl)cc(C#N)cc1C(F)(F)F. The fraction of sp³-hybridized carbons (Fsp3) is 0.385. The molecule has 0 bridgehead atoms. The first-order valence-corrected chi connectivity index (χ1v) is 6.21. The third-order valence-electron chi connectivity index (χ3n) is 2.55. The van der Waals surface area contributed by atoms with Crippen molar-refractivity contribution in [3.05, 3.63) is 34.4 Å². The molecule has 1 aromatic rings. The first kappa shape index (κ1) is 16.3. The van der Waals surface area contributed by atoms with Gasteiger partial charge in [-0.2, -0.15) is 18.4 Å². The van der Waals surface area contributed by atoms with Gasteiger partial charge in [0.1, 0.15) is 0 Å². The molecule has 0 heterocycles. The molecule has 7 heteroatoms. The van der Waals surface area contributed by atoms with Crippen LogP contribution in [0.2, 0.25) is 0 Å². The molecule has 3 nitrogen and oxygen atoms in total. The van der Waals surface area contributed by atoms with Crippen LogP contribution in [-0.4, -0.2) is 12.6 Å². The first-order valence-electron chi connectivity index (χ1n) is 5.68. The van der Waals surface area contributed by atoms with E-state index in [1.54, 1.807) is 13.0 Å². The zero-order valence-corrected chi connectivity index (χ0v) is 11.3. The molecule has 0 unspecified atom stereocenters. The van der Waals surface area contributed by atoms with Crippen LogP contribution >= 0.6 is 11.6 Å². The highest BCUT2D eigenvalue weighted by molar-refractivity contribution is 6.17. The Balaban J connectivity index is 3.38. The molecule has 0 aliphatic heterocycles. The van der Waals surface area contributed by atoms with Gasteiger partial charge in [0.25, 0.3) is 0 Å². The molecule has 0 saturated carbocycles. The molecule has 0 atom stereocenters. The average Bonchev–Trinajstić information content (AvgIpc) is 2.37. The molecule has 0 aromatic heterocycles. The van der Waals surface area contributed by atoms with E-state index in [1.165, 1.54) is 6.07 Å². The van der Waals surface area contributed by atoms with Crippen molar-refractivity contribution in [2.75, 3.05) is 6.61 Å². The molecule has 20 heavy (non-hydrogen) atoms. The van der Waals surface area contributed by atoms with Crippen molar-refractivity contribution in [3.63, 3.8) is 0 Å². The van der Waals surface area contributed by atoms with Crippen molar-refractivity contribution in [2.45, 2.75) is 25.4 Å². The highest BCUT2D eigenvalue weighted by Gasteiger charge is 2.35. The molecule has 0 aliphatic carbocycles. The maximum Gasteiger partial charge on any atom is 0.416 e. The largest absolute Gasteiger partial charge is 0.466 e. The minimum absolute atomic E-state index is 0.0761. The number of rotatable bonds is 4. The Labute approximate surface area is 118 Å². The Kier molecular flexibility index (Phi) is 5.40. The second-order valence-electron chi connectivity index (χ2n) is 3.89. The maximum absolute atomic E-state index is 13.0. The zero-order chi connectivity index (χ0) is 15.3. The van der Waals surface area contributed by atoms with Crippen molar-refractivity contribution in [1.82, 2.24) is 0 Å². The van der Waals surface area contributed by atoms with Crippen LogP contribution in [0.1, 0.15) is 29.2 Å². The van der Waals surface area contributed by atoms with Gasteiger partial charge < -0.3 is 4.74 Å². The van der Waals surface area contributed by atoms with E-state index in [0.717, 1.165) is 0 Å². The molecule has 0 spiro atoms. The molecule has 1 rings (SSSR count). The van der Waals surface area contributed by atoms with Gasteiger partial charge in [-0.1, -0.05) is 0 Å². The van der Waals surface area contributed by atoms with E-state index in [4.69, 9.17) is 16.9 Å². The van der Waals surface area contributed by atoms with E-state index in [1.807, 2.05) is 0 Å². The molecule has 0 fully saturated rings. The van der Waals surface area contributed by atoms with Crippen LogP contribution in [0.5, 0.6) is 0 Å². The van der Waals surface area contributed by atoms with Crippen LogP contribution < -0.4 is 0 Å². The van der Waals surface area contributed by atoms with Gasteiger partial charge in [0, 0.05) is 5.88 Å². The zero-order valence-electron chi connectivity index (χ0n) is 10.6. The van der Waals surface area contributed by atoms with Crippen LogP contribution in [-0.2, 0) is 28.0 Å². The molecule has 0 radical (unpaired) electrons. The third-order valence-corrected chi connectivity index (χ3v) is 2.84. The molecular weight excluding hydrogens is 295 g/mol. The molecular formula is C13H11ClF3NO2. The molecule has 0 aliphatic rings. The predicted molar refractivity (Wildman–Crippen MR) is 66.1 cm³/mol. The highest BCUT2D eigenvalue weighted by Crippen LogP contribution is 2.35. The molecule has 0 N–H and O–H groups in total. The van der Waals surface area contributed by atoms with Crippen LogP contribution in [0.4, 0.5) is 13.2 Å². The number of halogens is 4. The number of benzene rings is 1. The minimum Gasteiger partial charge on any atom is -0.466 e. The average molecular weight is 306 g/mol. The summed E-state index contributed by atoms with van der Waals surface area (Å²) in [5.41, 5.74) is -1.32. The summed E-state index contributed by atoms with van der Waals surface area (Å²) in [6.45, 7) is 1.64. The summed E-state index contributed by atoms with van der Waals surface area (Å²) >= 11 is 5.61. The standard InChI is InChI=1S/C13H11ClF3NO2/c1-2-20-12(19)5-10-9(6-14)3-8(7-18)4-11(10)13(15,16)17/h3-4H,2,5-6H2,1H3. The van der Waals surface area contributed by atoms with E-state index >= 15 is 0 Å². The lowest BCUT2D eigenvalue weighted by Crippen LogP contribution is -2.16. The van der Waals surface area contributed by atoms with Crippen molar-refractivity contribution in [2.24, 2.45) is 0 Å². The van der Waals surface area contributed by atoms with Gasteiger partial charge in [-0.3, -0.25) is 4.79 Å². The summed E-state index contributed by atoms with van der Waals surface area (Å²) in [6.07, 6.45) is -5.20. The van der Waals surface area contributed by atoms with Crippen molar-refractivity contribution in [1.29, 1.82) is 5.26 Å². The summed E-state index contributed by atoms with van der Waals surface area (Å²) in [4.78, 5) is 11.4. The summed E-state index contributed by atoms with van der Waals surface area (Å²) in [7, 11) is 0. The first-order chi connectivity index (χ1) is 9.33. The van der Waals surface area contributed by atoms with Gasteiger partial charge in [0.15, 0.2) is 0 Å². The smallest absolute Gasteiger partial charge is 0.416 e. The Bertz CT molecular complexity index is 550. The van der Waals surface area contributed by atoms with E-state index in [0.29, 0.717) is 6.07 Å². The van der Waals surface area contributed by atoms with Gasteiger partial charge in [0.05, 0.1) is 30.2 Å². The monoisotopic (exact) mass is 305 g/mol. The maximum atomic E-state index is 13.0. The normalized spacial score (nSPS) is 11.0. The second kappa shape index (κ2) is 6.62. The van der Waals surface area contributed by atoms with Gasteiger partial charge in [0.2, 0.25) is 0 Å². The lowest BCUT2D eigenvalue weighted by molar-refractivity contribution is -0.143. The predicted octanol–water partition coefficient (Wildman–Crippen LogP) is 3.42. The lowest BCUT2D eigenvalue weighted by atomic mass is 9.96. The van der Waals surface area contributed by atoms with Gasteiger partial charge in [-0.05, 0) is 30.2 Å². The number of carbonyl (C=O) groups is 1. The summed E-state index contributed by atoms with van der Waals surface area (Å²) in [6, 6.07) is 3.60. The number of carbonyl (C=O) groups excluding carboxylic acids is 1. The fourth-order valence-electron chi connectivity index (χ4n) is 1.73. The van der Waals surface area contributed by atoms with Crippen molar-refractivity contribution < 1.29 is 22.7 Å². The van der Waals surface area contributed by atoms with Crippen LogP contribution in [0.3, 0.4) is 0 Å². The molecule has 0 amide bonds. The van der Waals surface area contributed by atoms with Crippen LogP contribution in [0, 0.1) is 11.3 Å². The number of ether oxygens (including phenoxy) is 1.